The summed E-state index contributed by atoms with van der Waals surface area (Å²) in [5, 5.41) is 9.20. The van der Waals surface area contributed by atoms with E-state index in [1.54, 1.807) is 6.92 Å². The Balaban J connectivity index is 2.26. The average Bonchev–Trinajstić information content (AvgIpc) is 2.88. The smallest absolute Gasteiger partial charge is 0.260 e. The van der Waals surface area contributed by atoms with Gasteiger partial charge in [-0.2, -0.15) is 4.31 Å². The SMILES string of the molecule is CCc1ncc(S(=O)(=O)N2CC(CO)OCC2C)[nH]1. The number of imidazole rings is 1. The fourth-order valence-corrected chi connectivity index (χ4v) is 3.60. The van der Waals surface area contributed by atoms with Crippen LogP contribution in [0.2, 0.25) is 0 Å². The molecule has 0 radical (unpaired) electrons. The van der Waals surface area contributed by atoms with Gasteiger partial charge in [0.2, 0.25) is 0 Å². The molecule has 2 rings (SSSR count). The summed E-state index contributed by atoms with van der Waals surface area (Å²) in [6.07, 6.45) is 1.51. The Morgan fingerprint density at radius 3 is 2.95 bits per heavy atom. The highest BCUT2D eigenvalue weighted by Gasteiger charge is 2.36. The summed E-state index contributed by atoms with van der Waals surface area (Å²) in [7, 11) is -3.62. The van der Waals surface area contributed by atoms with Gasteiger partial charge < -0.3 is 14.8 Å². The third-order valence-electron chi connectivity index (χ3n) is 3.18. The summed E-state index contributed by atoms with van der Waals surface area (Å²) in [6, 6.07) is -0.263. The van der Waals surface area contributed by atoms with Crippen molar-refractivity contribution in [2.75, 3.05) is 19.8 Å². The molecular formula is C11H19N3O4S. The molecule has 0 saturated carbocycles. The number of aryl methyl sites for hydroxylation is 1. The van der Waals surface area contributed by atoms with Crippen molar-refractivity contribution in [2.24, 2.45) is 0 Å². The average molecular weight is 289 g/mol. The van der Waals surface area contributed by atoms with Crippen LogP contribution in [-0.4, -0.2) is 59.7 Å². The Morgan fingerprint density at radius 2 is 2.37 bits per heavy atom. The maximum Gasteiger partial charge on any atom is 0.260 e. The summed E-state index contributed by atoms with van der Waals surface area (Å²) in [6.45, 7) is 3.91. The van der Waals surface area contributed by atoms with Crippen molar-refractivity contribution < 1.29 is 18.3 Å². The van der Waals surface area contributed by atoms with Crippen LogP contribution in [0.4, 0.5) is 0 Å². The van der Waals surface area contributed by atoms with Crippen LogP contribution < -0.4 is 0 Å². The van der Waals surface area contributed by atoms with Gasteiger partial charge in [-0.25, -0.2) is 13.4 Å². The van der Waals surface area contributed by atoms with Crippen LogP contribution in [0.15, 0.2) is 11.2 Å². The number of sulfonamides is 1. The minimum Gasteiger partial charge on any atom is -0.394 e. The van der Waals surface area contributed by atoms with Gasteiger partial charge in [0.25, 0.3) is 10.0 Å². The van der Waals surface area contributed by atoms with E-state index < -0.39 is 16.1 Å². The first-order valence-electron chi connectivity index (χ1n) is 6.27. The molecule has 2 atom stereocenters. The fraction of sp³-hybridized carbons (Fsp3) is 0.727. The Morgan fingerprint density at radius 1 is 1.63 bits per heavy atom. The summed E-state index contributed by atoms with van der Waals surface area (Å²) < 4.78 is 31.7. The number of aliphatic hydroxyl groups excluding tert-OH is 1. The molecule has 2 heterocycles. The van der Waals surface area contributed by atoms with E-state index in [-0.39, 0.29) is 30.8 Å². The third kappa shape index (κ3) is 2.81. The largest absolute Gasteiger partial charge is 0.394 e. The highest BCUT2D eigenvalue weighted by molar-refractivity contribution is 7.89. The van der Waals surface area contributed by atoms with Crippen molar-refractivity contribution in [3.05, 3.63) is 12.0 Å². The van der Waals surface area contributed by atoms with Crippen LogP contribution >= 0.6 is 0 Å². The Hall–Kier alpha value is -0.960. The van der Waals surface area contributed by atoms with E-state index in [1.165, 1.54) is 10.5 Å². The first-order chi connectivity index (χ1) is 8.98. The van der Waals surface area contributed by atoms with Crippen LogP contribution in [0.1, 0.15) is 19.7 Å². The van der Waals surface area contributed by atoms with Crippen LogP contribution in [0.3, 0.4) is 0 Å². The first kappa shape index (κ1) is 14.4. The number of hydrogen-bond donors (Lipinski definition) is 2. The quantitative estimate of drug-likeness (QED) is 0.796. The van der Waals surface area contributed by atoms with Crippen LogP contribution in [0.25, 0.3) is 0 Å². The number of nitrogens with zero attached hydrogens (tertiary/aromatic N) is 2. The number of rotatable bonds is 4. The van der Waals surface area contributed by atoms with Crippen molar-refractivity contribution in [1.82, 2.24) is 14.3 Å². The van der Waals surface area contributed by atoms with Gasteiger partial charge in [0.1, 0.15) is 5.82 Å². The van der Waals surface area contributed by atoms with Gasteiger partial charge >= 0.3 is 0 Å². The van der Waals surface area contributed by atoms with Crippen LogP contribution in [0.5, 0.6) is 0 Å². The first-order valence-corrected chi connectivity index (χ1v) is 7.71. The van der Waals surface area contributed by atoms with E-state index in [9.17, 15) is 8.42 Å². The highest BCUT2D eigenvalue weighted by atomic mass is 32.2. The lowest BCUT2D eigenvalue weighted by Gasteiger charge is -2.35. The zero-order valence-corrected chi connectivity index (χ0v) is 11.9. The van der Waals surface area contributed by atoms with E-state index in [0.29, 0.717) is 12.2 Å². The standard InChI is InChI=1S/C11H19N3O4S/c1-3-10-12-4-11(13-10)19(16,17)14-5-9(6-15)18-7-8(14)2/h4,8-9,15H,3,5-7H2,1-2H3,(H,12,13). The van der Waals surface area contributed by atoms with Crippen molar-refractivity contribution in [3.8, 4) is 0 Å². The van der Waals surface area contributed by atoms with Gasteiger partial charge in [-0.15, -0.1) is 0 Å². The molecule has 0 spiro atoms. The number of aromatic amines is 1. The molecule has 108 valence electrons. The lowest BCUT2D eigenvalue weighted by atomic mass is 10.2. The van der Waals surface area contributed by atoms with Crippen LogP contribution in [-0.2, 0) is 21.2 Å². The van der Waals surface area contributed by atoms with E-state index in [4.69, 9.17) is 9.84 Å². The topological polar surface area (TPSA) is 95.5 Å². The molecule has 2 unspecified atom stereocenters. The molecule has 0 amide bonds. The number of aliphatic hydroxyl groups is 1. The second kappa shape index (κ2) is 5.58. The second-order valence-electron chi connectivity index (χ2n) is 4.61. The summed E-state index contributed by atoms with van der Waals surface area (Å²) in [5.74, 6) is 0.637. The summed E-state index contributed by atoms with van der Waals surface area (Å²) in [4.78, 5) is 6.83. The monoisotopic (exact) mass is 289 g/mol. The van der Waals surface area contributed by atoms with Gasteiger partial charge in [-0.05, 0) is 6.92 Å². The molecule has 1 aliphatic rings. The molecule has 1 saturated heterocycles. The van der Waals surface area contributed by atoms with Crippen LogP contribution in [0, 0.1) is 0 Å². The van der Waals surface area contributed by atoms with E-state index in [1.807, 2.05) is 6.92 Å². The maximum absolute atomic E-state index is 12.5. The Kier molecular flexibility index (Phi) is 4.24. The Labute approximate surface area is 112 Å². The predicted molar refractivity (Wildman–Crippen MR) is 68.1 cm³/mol. The van der Waals surface area contributed by atoms with Gasteiger partial charge in [0.15, 0.2) is 5.03 Å². The molecule has 1 fully saturated rings. The van der Waals surface area contributed by atoms with Crippen molar-refractivity contribution in [2.45, 2.75) is 37.4 Å². The van der Waals surface area contributed by atoms with Crippen molar-refractivity contribution >= 4 is 10.0 Å². The molecule has 0 aliphatic carbocycles. The van der Waals surface area contributed by atoms with Crippen molar-refractivity contribution in [1.29, 1.82) is 0 Å². The second-order valence-corrected chi connectivity index (χ2v) is 6.47. The zero-order valence-electron chi connectivity index (χ0n) is 11.0. The molecule has 2 N–H and O–H groups in total. The Bertz CT molecular complexity index is 528. The van der Waals surface area contributed by atoms with E-state index >= 15 is 0 Å². The molecule has 1 aromatic rings. The van der Waals surface area contributed by atoms with Gasteiger partial charge in [-0.1, -0.05) is 6.92 Å². The number of H-pyrrole nitrogens is 1. The molecule has 7 nitrogen and oxygen atoms in total. The molecule has 0 bridgehead atoms. The summed E-state index contributed by atoms with van der Waals surface area (Å²) in [5.41, 5.74) is 0. The summed E-state index contributed by atoms with van der Waals surface area (Å²) >= 11 is 0. The fourth-order valence-electron chi connectivity index (χ4n) is 2.02. The third-order valence-corrected chi connectivity index (χ3v) is 5.07. The molecule has 8 heteroatoms. The minimum atomic E-state index is -3.62. The highest BCUT2D eigenvalue weighted by Crippen LogP contribution is 2.21. The predicted octanol–water partition coefficient (Wildman–Crippen LogP) is -0.258. The van der Waals surface area contributed by atoms with E-state index in [0.717, 1.165) is 0 Å². The molecule has 1 aromatic heterocycles. The van der Waals surface area contributed by atoms with Gasteiger partial charge in [0.05, 0.1) is 25.5 Å². The van der Waals surface area contributed by atoms with Gasteiger partial charge in [-0.3, -0.25) is 0 Å². The number of hydrogen-bond acceptors (Lipinski definition) is 5. The van der Waals surface area contributed by atoms with E-state index in [2.05, 4.69) is 9.97 Å². The lowest BCUT2D eigenvalue weighted by molar-refractivity contribution is -0.0516. The molecule has 0 aromatic carbocycles. The normalized spacial score (nSPS) is 25.6. The number of morpholine rings is 1. The number of nitrogens with one attached hydrogen (secondary N) is 1. The molecule has 19 heavy (non-hydrogen) atoms. The minimum absolute atomic E-state index is 0.0924. The maximum atomic E-state index is 12.5. The lowest BCUT2D eigenvalue weighted by Crippen LogP contribution is -2.51. The molecular weight excluding hydrogens is 270 g/mol. The molecule has 1 aliphatic heterocycles. The number of aromatic nitrogens is 2. The van der Waals surface area contributed by atoms with Crippen molar-refractivity contribution in [3.63, 3.8) is 0 Å². The number of ether oxygens (including phenoxy) is 1. The van der Waals surface area contributed by atoms with Gasteiger partial charge in [0, 0.05) is 19.0 Å². The zero-order chi connectivity index (χ0) is 14.0.